The van der Waals surface area contributed by atoms with Crippen LogP contribution in [0.15, 0.2) is 12.4 Å². The molecule has 0 aliphatic carbocycles. The predicted molar refractivity (Wildman–Crippen MR) is 58.5 cm³/mol. The second-order valence-electron chi connectivity index (χ2n) is 3.12. The summed E-state index contributed by atoms with van der Waals surface area (Å²) in [5.74, 6) is -0.0213. The van der Waals surface area contributed by atoms with E-state index >= 15 is 0 Å². The van der Waals surface area contributed by atoms with Crippen molar-refractivity contribution in [3.63, 3.8) is 0 Å². The molecule has 0 saturated carbocycles. The van der Waals surface area contributed by atoms with Crippen LogP contribution in [0.3, 0.4) is 0 Å². The second kappa shape index (κ2) is 5.89. The number of carboxylic acids is 1. The molecule has 0 unspecified atom stereocenters. The van der Waals surface area contributed by atoms with Gasteiger partial charge in [0.2, 0.25) is 5.88 Å². The van der Waals surface area contributed by atoms with Gasteiger partial charge in [0, 0.05) is 6.07 Å². The van der Waals surface area contributed by atoms with Gasteiger partial charge in [0.25, 0.3) is 0 Å². The molecule has 0 amide bonds. The van der Waals surface area contributed by atoms with E-state index in [2.05, 4.69) is 15.3 Å². The Morgan fingerprint density at radius 3 is 2.88 bits per heavy atom. The van der Waals surface area contributed by atoms with Crippen molar-refractivity contribution in [3.8, 4) is 5.88 Å². The summed E-state index contributed by atoms with van der Waals surface area (Å²) in [4.78, 5) is 18.6. The Kier molecular flexibility index (Phi) is 4.50. The van der Waals surface area contributed by atoms with E-state index in [0.717, 1.165) is 0 Å². The number of nitrogens with zero attached hydrogens (tertiary/aromatic N) is 2. The predicted octanol–water partition coefficient (Wildman–Crippen LogP) is 1.15. The van der Waals surface area contributed by atoms with Crippen molar-refractivity contribution < 1.29 is 14.6 Å². The molecule has 0 bridgehead atoms. The molecule has 0 aromatic carbocycles. The van der Waals surface area contributed by atoms with Crippen LogP contribution in [0.5, 0.6) is 5.88 Å². The highest BCUT2D eigenvalue weighted by Crippen LogP contribution is 2.12. The van der Waals surface area contributed by atoms with E-state index in [1.807, 2.05) is 6.92 Å². The van der Waals surface area contributed by atoms with Crippen LogP contribution in [-0.4, -0.2) is 33.7 Å². The van der Waals surface area contributed by atoms with E-state index < -0.39 is 12.0 Å². The van der Waals surface area contributed by atoms with E-state index in [9.17, 15) is 4.79 Å². The van der Waals surface area contributed by atoms with E-state index in [0.29, 0.717) is 24.7 Å². The molecule has 1 aromatic heterocycles. The summed E-state index contributed by atoms with van der Waals surface area (Å²) in [5, 5.41) is 11.7. The molecule has 88 valence electrons. The Morgan fingerprint density at radius 2 is 2.31 bits per heavy atom. The summed E-state index contributed by atoms with van der Waals surface area (Å²) in [6, 6.07) is 0.930. The molecule has 2 N–H and O–H groups in total. The Hall–Kier alpha value is -1.85. The molecule has 1 atom stereocenters. The van der Waals surface area contributed by atoms with Crippen molar-refractivity contribution in [2.75, 3.05) is 11.9 Å². The fourth-order valence-electron chi connectivity index (χ4n) is 1.16. The number of hydrogen-bond acceptors (Lipinski definition) is 5. The Balaban J connectivity index is 2.72. The third-order valence-electron chi connectivity index (χ3n) is 1.96. The van der Waals surface area contributed by atoms with Crippen LogP contribution in [-0.2, 0) is 4.79 Å². The molecule has 0 aliphatic rings. The number of hydrogen-bond donors (Lipinski definition) is 2. The first-order chi connectivity index (χ1) is 7.67. The van der Waals surface area contributed by atoms with Gasteiger partial charge in [-0.25, -0.2) is 14.8 Å². The largest absolute Gasteiger partial charge is 0.480 e. The minimum atomic E-state index is -0.904. The Bertz CT molecular complexity index is 357. The molecule has 6 nitrogen and oxygen atoms in total. The molecule has 0 spiro atoms. The highest BCUT2D eigenvalue weighted by Gasteiger charge is 2.15. The zero-order valence-electron chi connectivity index (χ0n) is 9.30. The van der Waals surface area contributed by atoms with Crippen LogP contribution in [0.4, 0.5) is 5.82 Å². The minimum absolute atomic E-state index is 0.431. The normalized spacial score (nSPS) is 11.9. The summed E-state index contributed by atoms with van der Waals surface area (Å²) in [6.45, 7) is 4.14. The van der Waals surface area contributed by atoms with Crippen LogP contribution >= 0.6 is 0 Å². The molecular weight excluding hydrogens is 210 g/mol. The Morgan fingerprint density at radius 1 is 1.56 bits per heavy atom. The summed E-state index contributed by atoms with van der Waals surface area (Å²) in [7, 11) is 0. The molecule has 0 fully saturated rings. The van der Waals surface area contributed by atoms with E-state index in [1.54, 1.807) is 13.0 Å². The van der Waals surface area contributed by atoms with Crippen LogP contribution < -0.4 is 10.1 Å². The van der Waals surface area contributed by atoms with Crippen LogP contribution in [0.2, 0.25) is 0 Å². The van der Waals surface area contributed by atoms with Crippen LogP contribution in [0.1, 0.15) is 20.3 Å². The van der Waals surface area contributed by atoms with Gasteiger partial charge in [0.15, 0.2) is 0 Å². The van der Waals surface area contributed by atoms with E-state index in [4.69, 9.17) is 9.84 Å². The maximum atomic E-state index is 10.8. The van der Waals surface area contributed by atoms with Crippen molar-refractivity contribution in [2.24, 2.45) is 0 Å². The SMILES string of the molecule is CCOc1cc(N[C@H](CC)C(=O)O)ncn1. The molecule has 0 saturated heterocycles. The summed E-state index contributed by atoms with van der Waals surface area (Å²) in [6.07, 6.45) is 1.81. The molecule has 0 radical (unpaired) electrons. The van der Waals surface area contributed by atoms with Gasteiger partial charge < -0.3 is 15.2 Å². The van der Waals surface area contributed by atoms with Gasteiger partial charge >= 0.3 is 5.97 Å². The number of carbonyl (C=O) groups is 1. The molecule has 1 rings (SSSR count). The smallest absolute Gasteiger partial charge is 0.326 e. The van der Waals surface area contributed by atoms with Crippen LogP contribution in [0.25, 0.3) is 0 Å². The standard InChI is InChI=1S/C10H15N3O3/c1-3-7(10(14)15)13-8-5-9(16-4-2)12-6-11-8/h5-7H,3-4H2,1-2H3,(H,14,15)(H,11,12,13)/t7-/m1/s1. The third kappa shape index (κ3) is 3.38. The topological polar surface area (TPSA) is 84.3 Å². The zero-order valence-corrected chi connectivity index (χ0v) is 9.30. The van der Waals surface area contributed by atoms with Gasteiger partial charge in [-0.1, -0.05) is 6.92 Å². The Labute approximate surface area is 93.7 Å². The van der Waals surface area contributed by atoms with Crippen molar-refractivity contribution in [3.05, 3.63) is 12.4 Å². The lowest BCUT2D eigenvalue weighted by Gasteiger charge is -2.12. The molecule has 1 heterocycles. The van der Waals surface area contributed by atoms with Crippen molar-refractivity contribution in [1.29, 1.82) is 0 Å². The van der Waals surface area contributed by atoms with Gasteiger partial charge in [0.1, 0.15) is 18.2 Å². The highest BCUT2D eigenvalue weighted by atomic mass is 16.5. The second-order valence-corrected chi connectivity index (χ2v) is 3.12. The van der Waals surface area contributed by atoms with Gasteiger partial charge in [-0.05, 0) is 13.3 Å². The maximum absolute atomic E-state index is 10.8. The highest BCUT2D eigenvalue weighted by molar-refractivity contribution is 5.76. The fraction of sp³-hybridized carbons (Fsp3) is 0.500. The summed E-state index contributed by atoms with van der Waals surface area (Å²) in [5.41, 5.74) is 0. The fourth-order valence-corrected chi connectivity index (χ4v) is 1.16. The first-order valence-electron chi connectivity index (χ1n) is 5.11. The molecule has 1 aromatic rings. The first kappa shape index (κ1) is 12.2. The zero-order chi connectivity index (χ0) is 12.0. The van der Waals surface area contributed by atoms with Crippen molar-refractivity contribution in [2.45, 2.75) is 26.3 Å². The number of rotatable bonds is 6. The number of nitrogens with one attached hydrogen (secondary N) is 1. The van der Waals surface area contributed by atoms with E-state index in [-0.39, 0.29) is 0 Å². The maximum Gasteiger partial charge on any atom is 0.326 e. The minimum Gasteiger partial charge on any atom is -0.480 e. The number of anilines is 1. The number of aromatic nitrogens is 2. The lowest BCUT2D eigenvalue weighted by atomic mass is 10.2. The average molecular weight is 225 g/mol. The summed E-state index contributed by atoms with van der Waals surface area (Å²) < 4.78 is 5.18. The number of aliphatic carboxylic acids is 1. The van der Waals surface area contributed by atoms with Gasteiger partial charge in [-0.2, -0.15) is 0 Å². The lowest BCUT2D eigenvalue weighted by Crippen LogP contribution is -2.28. The van der Waals surface area contributed by atoms with Crippen molar-refractivity contribution >= 4 is 11.8 Å². The van der Waals surface area contributed by atoms with E-state index in [1.165, 1.54) is 6.33 Å². The first-order valence-corrected chi connectivity index (χ1v) is 5.11. The molecular formula is C10H15N3O3. The quantitative estimate of drug-likeness (QED) is 0.755. The number of ether oxygens (including phenoxy) is 1. The third-order valence-corrected chi connectivity index (χ3v) is 1.96. The average Bonchev–Trinajstić information content (AvgIpc) is 2.26. The molecule has 0 aliphatic heterocycles. The van der Waals surface area contributed by atoms with Gasteiger partial charge in [-0.15, -0.1) is 0 Å². The summed E-state index contributed by atoms with van der Waals surface area (Å²) >= 11 is 0. The molecule has 6 heteroatoms. The van der Waals surface area contributed by atoms with Gasteiger partial charge in [-0.3, -0.25) is 0 Å². The van der Waals surface area contributed by atoms with Gasteiger partial charge in [0.05, 0.1) is 6.61 Å². The molecule has 16 heavy (non-hydrogen) atoms. The van der Waals surface area contributed by atoms with Crippen molar-refractivity contribution in [1.82, 2.24) is 9.97 Å². The lowest BCUT2D eigenvalue weighted by molar-refractivity contribution is -0.137. The number of carboxylic acid groups (broad SMARTS) is 1. The monoisotopic (exact) mass is 225 g/mol. The van der Waals surface area contributed by atoms with Crippen LogP contribution in [0, 0.1) is 0 Å².